The third kappa shape index (κ3) is 4.97. The number of allylic oxidation sites excluding steroid dienone is 3. The van der Waals surface area contributed by atoms with E-state index in [-0.39, 0.29) is 0 Å². The second-order valence-corrected chi connectivity index (χ2v) is 1.02. The molecule has 0 aromatic rings. The Labute approximate surface area is 43.8 Å². The minimum Gasteiger partial charge on any atom is -0.0874 e. The molecule has 7 heavy (non-hydrogen) atoms. The Kier molecular flexibility index (Phi) is 4.24. The molecule has 0 aliphatic heterocycles. The molecule has 0 aromatic carbocycles. The first-order valence-electron chi connectivity index (χ1n) is 2.09. The summed E-state index contributed by atoms with van der Waals surface area (Å²) in [6.45, 7) is 6.70. The molecule has 36 valence electrons. The van der Waals surface area contributed by atoms with Gasteiger partial charge in [0.05, 0.1) is 0 Å². The second-order valence-electron chi connectivity index (χ2n) is 1.02. The molecule has 0 fully saturated rings. The van der Waals surface area contributed by atoms with Crippen LogP contribution in [-0.2, 0) is 0 Å². The molecule has 0 amide bonds. The van der Waals surface area contributed by atoms with Gasteiger partial charge in [0.15, 0.2) is 0 Å². The molecule has 0 saturated heterocycles. The summed E-state index contributed by atoms with van der Waals surface area (Å²) in [7, 11) is 0. The van der Waals surface area contributed by atoms with Gasteiger partial charge in [-0.3, -0.25) is 0 Å². The average molecular weight is 94.1 g/mol. The van der Waals surface area contributed by atoms with Crippen molar-refractivity contribution in [3.8, 4) is 6.57 Å². The van der Waals surface area contributed by atoms with Crippen LogP contribution < -0.4 is 0 Å². The standard InChI is InChI=1S/C6H8N/c1-3-4-5-6-7-2/h2-6H,1H3/q+1/b4-3-,6-5-. The van der Waals surface area contributed by atoms with Crippen LogP contribution >= 0.6 is 0 Å². The lowest BCUT2D eigenvalue weighted by Gasteiger charge is -1.56. The van der Waals surface area contributed by atoms with Gasteiger partial charge in [-0.1, -0.05) is 12.2 Å². The molecule has 0 aliphatic carbocycles. The minimum atomic E-state index is 1.53. The van der Waals surface area contributed by atoms with Crippen molar-refractivity contribution in [2.45, 2.75) is 6.92 Å². The van der Waals surface area contributed by atoms with E-state index in [2.05, 4.69) is 4.85 Å². The highest BCUT2D eigenvalue weighted by molar-refractivity contribution is 5.05. The highest BCUT2D eigenvalue weighted by Crippen LogP contribution is 1.74. The third-order valence-corrected chi connectivity index (χ3v) is 0.476. The van der Waals surface area contributed by atoms with E-state index >= 15 is 0 Å². The summed E-state index contributed by atoms with van der Waals surface area (Å²) in [4.78, 5) is 3.24. The van der Waals surface area contributed by atoms with Gasteiger partial charge in [-0.15, -0.1) is 0 Å². The van der Waals surface area contributed by atoms with Crippen molar-refractivity contribution in [2.24, 2.45) is 0 Å². The molecule has 0 aromatic heterocycles. The maximum Gasteiger partial charge on any atom is 0.305 e. The molecular formula is C6H8N+. The first-order chi connectivity index (χ1) is 3.41. The highest BCUT2D eigenvalue weighted by atomic mass is 14.6. The molecule has 0 saturated carbocycles. The van der Waals surface area contributed by atoms with Crippen LogP contribution in [0, 0.1) is 6.57 Å². The van der Waals surface area contributed by atoms with Gasteiger partial charge in [0.2, 0.25) is 0 Å². The van der Waals surface area contributed by atoms with Crippen LogP contribution in [0.25, 0.3) is 4.85 Å². The molecule has 0 unspecified atom stereocenters. The first kappa shape index (κ1) is 5.97. The fourth-order valence-electron chi connectivity index (χ4n) is 0.210. The maximum atomic E-state index is 4.77. The summed E-state index contributed by atoms with van der Waals surface area (Å²) in [6.07, 6.45) is 7.05. The Morgan fingerprint density at radius 3 is 2.57 bits per heavy atom. The van der Waals surface area contributed by atoms with E-state index in [9.17, 15) is 0 Å². The first-order valence-corrected chi connectivity index (χ1v) is 2.09. The van der Waals surface area contributed by atoms with Crippen molar-refractivity contribution in [3.05, 3.63) is 29.3 Å². The molecular weight excluding hydrogens is 86.1 g/mol. The predicted octanol–water partition coefficient (Wildman–Crippen LogP) is 2.04. The zero-order chi connectivity index (χ0) is 5.54. The average Bonchev–Trinajstić information content (AvgIpc) is 1.69. The Bertz CT molecular complexity index is 115. The van der Waals surface area contributed by atoms with Gasteiger partial charge >= 0.3 is 6.20 Å². The molecule has 1 nitrogen and oxygen atoms in total. The monoisotopic (exact) mass is 94.1 g/mol. The van der Waals surface area contributed by atoms with Crippen molar-refractivity contribution >= 4 is 0 Å². The van der Waals surface area contributed by atoms with Crippen molar-refractivity contribution in [3.63, 3.8) is 0 Å². The van der Waals surface area contributed by atoms with Gasteiger partial charge in [-0.05, 0) is 11.8 Å². The minimum absolute atomic E-state index is 1.53. The van der Waals surface area contributed by atoms with Crippen LogP contribution in [0.5, 0.6) is 0 Å². The summed E-state index contributed by atoms with van der Waals surface area (Å²) < 4.78 is 0. The van der Waals surface area contributed by atoms with Gasteiger partial charge < -0.3 is 0 Å². The summed E-state index contributed by atoms with van der Waals surface area (Å²) >= 11 is 0. The van der Waals surface area contributed by atoms with Crippen LogP contribution in [0.15, 0.2) is 24.4 Å². The largest absolute Gasteiger partial charge is 0.305 e. The Hall–Kier alpha value is -1.03. The van der Waals surface area contributed by atoms with Gasteiger partial charge in [-0.25, -0.2) is 0 Å². The summed E-state index contributed by atoms with van der Waals surface area (Å²) in [5.74, 6) is 0. The molecule has 0 heterocycles. The molecule has 1 heteroatoms. The number of hydrogen-bond donors (Lipinski definition) is 0. The van der Waals surface area contributed by atoms with Crippen molar-refractivity contribution in [2.75, 3.05) is 0 Å². The van der Waals surface area contributed by atoms with Gasteiger partial charge in [0, 0.05) is 6.08 Å². The van der Waals surface area contributed by atoms with E-state index in [0.717, 1.165) is 0 Å². The van der Waals surface area contributed by atoms with Crippen LogP contribution in [0.4, 0.5) is 0 Å². The summed E-state index contributed by atoms with van der Waals surface area (Å²) in [6, 6.07) is 0. The van der Waals surface area contributed by atoms with Crippen molar-refractivity contribution in [1.29, 1.82) is 0 Å². The zero-order valence-corrected chi connectivity index (χ0v) is 4.33. The van der Waals surface area contributed by atoms with E-state index in [1.807, 2.05) is 19.1 Å². The molecule has 0 bridgehead atoms. The van der Waals surface area contributed by atoms with E-state index in [4.69, 9.17) is 6.57 Å². The number of nitrogens with zero attached hydrogens (tertiary/aromatic N) is 1. The molecule has 0 radical (unpaired) electrons. The molecule has 0 aliphatic rings. The maximum absolute atomic E-state index is 4.77. The normalized spacial score (nSPS) is 10.3. The molecule has 0 N–H and O–H groups in total. The van der Waals surface area contributed by atoms with Crippen LogP contribution in [0.1, 0.15) is 6.92 Å². The topological polar surface area (TPSA) is 4.36 Å². The van der Waals surface area contributed by atoms with Crippen molar-refractivity contribution in [1.82, 2.24) is 0 Å². The van der Waals surface area contributed by atoms with Crippen LogP contribution in [0.2, 0.25) is 0 Å². The fourth-order valence-corrected chi connectivity index (χ4v) is 0.210. The lowest BCUT2D eigenvalue weighted by molar-refractivity contribution is 1.73. The summed E-state index contributed by atoms with van der Waals surface area (Å²) in [5, 5.41) is 0. The van der Waals surface area contributed by atoms with Gasteiger partial charge in [0.1, 0.15) is 0 Å². The second kappa shape index (κ2) is 4.97. The van der Waals surface area contributed by atoms with E-state index in [1.54, 1.807) is 6.08 Å². The van der Waals surface area contributed by atoms with Gasteiger partial charge in [0.25, 0.3) is 6.57 Å². The Morgan fingerprint density at radius 1 is 1.43 bits per heavy atom. The molecule has 0 spiro atoms. The summed E-state index contributed by atoms with van der Waals surface area (Å²) in [5.41, 5.74) is 0. The number of hydrogen-bond acceptors (Lipinski definition) is 0. The predicted molar refractivity (Wildman–Crippen MR) is 32.3 cm³/mol. The van der Waals surface area contributed by atoms with Gasteiger partial charge in [-0.2, -0.15) is 0 Å². The highest BCUT2D eigenvalue weighted by Gasteiger charge is 1.63. The SMILES string of the molecule is C#[N+]/C=C\C=C/C. The quantitative estimate of drug-likeness (QED) is 0.438. The van der Waals surface area contributed by atoms with E-state index in [1.165, 1.54) is 6.20 Å². The van der Waals surface area contributed by atoms with Crippen LogP contribution in [0.3, 0.4) is 0 Å². The Balaban J connectivity index is 3.33. The zero-order valence-electron chi connectivity index (χ0n) is 4.33. The van der Waals surface area contributed by atoms with E-state index in [0.29, 0.717) is 0 Å². The molecule has 0 atom stereocenters. The van der Waals surface area contributed by atoms with E-state index < -0.39 is 0 Å². The smallest absolute Gasteiger partial charge is 0.0874 e. The fraction of sp³-hybridized carbons (Fsp3) is 0.167. The van der Waals surface area contributed by atoms with Crippen molar-refractivity contribution < 1.29 is 0 Å². The third-order valence-electron chi connectivity index (χ3n) is 0.476. The Morgan fingerprint density at radius 2 is 2.14 bits per heavy atom. The molecule has 0 rings (SSSR count). The lowest BCUT2D eigenvalue weighted by atomic mass is 10.5. The lowest BCUT2D eigenvalue weighted by Crippen LogP contribution is -1.40. The number of rotatable bonds is 1. The van der Waals surface area contributed by atoms with Crippen LogP contribution in [-0.4, -0.2) is 0 Å².